The Morgan fingerprint density at radius 3 is 2.45 bits per heavy atom. The highest BCUT2D eigenvalue weighted by molar-refractivity contribution is 6.35. The zero-order valence-electron chi connectivity index (χ0n) is 9.87. The summed E-state index contributed by atoms with van der Waals surface area (Å²) in [5, 5.41) is 1.24. The van der Waals surface area contributed by atoms with Crippen molar-refractivity contribution in [2.75, 3.05) is 0 Å². The van der Waals surface area contributed by atoms with Gasteiger partial charge >= 0.3 is 0 Å². The maximum atomic E-state index is 13.7. The van der Waals surface area contributed by atoms with Gasteiger partial charge < -0.3 is 0 Å². The first-order valence-corrected chi connectivity index (χ1v) is 6.38. The molecule has 0 N–H and O–H groups in total. The van der Waals surface area contributed by atoms with Crippen LogP contribution in [0.15, 0.2) is 36.4 Å². The SMILES string of the molecule is Fc1ccc(-c2nc(Cl)c3cc(Cl)ccc3n2)c(F)c1. The monoisotopic (exact) mass is 310 g/mol. The van der Waals surface area contributed by atoms with Gasteiger partial charge in [0.1, 0.15) is 16.8 Å². The molecule has 6 heteroatoms. The summed E-state index contributed by atoms with van der Waals surface area (Å²) in [6, 6.07) is 8.14. The number of fused-ring (bicyclic) bond motifs is 1. The molecule has 0 saturated carbocycles. The lowest BCUT2D eigenvalue weighted by Gasteiger charge is -2.06. The standard InChI is InChI=1S/C14H6Cl2F2N2/c15-7-1-4-12-10(5-7)13(16)20-14(19-12)9-3-2-8(17)6-11(9)18/h1-6H. The zero-order chi connectivity index (χ0) is 14.3. The molecule has 100 valence electrons. The van der Waals surface area contributed by atoms with Gasteiger partial charge in [0, 0.05) is 16.5 Å². The molecule has 3 aromatic rings. The fourth-order valence-corrected chi connectivity index (χ4v) is 2.26. The topological polar surface area (TPSA) is 25.8 Å². The lowest BCUT2D eigenvalue weighted by atomic mass is 10.2. The average molecular weight is 311 g/mol. The van der Waals surface area contributed by atoms with Gasteiger partial charge in [-0.15, -0.1) is 0 Å². The molecule has 0 aliphatic rings. The number of hydrogen-bond acceptors (Lipinski definition) is 2. The first-order chi connectivity index (χ1) is 9.54. The lowest BCUT2D eigenvalue weighted by molar-refractivity contribution is 0.585. The molecule has 0 atom stereocenters. The Kier molecular flexibility index (Phi) is 3.28. The van der Waals surface area contributed by atoms with Crippen molar-refractivity contribution >= 4 is 34.1 Å². The highest BCUT2D eigenvalue weighted by Crippen LogP contribution is 2.28. The van der Waals surface area contributed by atoms with Gasteiger partial charge in [0.05, 0.1) is 11.1 Å². The molecule has 0 saturated heterocycles. The van der Waals surface area contributed by atoms with E-state index in [-0.39, 0.29) is 16.5 Å². The average Bonchev–Trinajstić information content (AvgIpc) is 2.39. The zero-order valence-corrected chi connectivity index (χ0v) is 11.4. The van der Waals surface area contributed by atoms with Crippen LogP contribution in [0.5, 0.6) is 0 Å². The maximum absolute atomic E-state index is 13.7. The van der Waals surface area contributed by atoms with Gasteiger partial charge in [0.25, 0.3) is 0 Å². The maximum Gasteiger partial charge on any atom is 0.164 e. The Hall–Kier alpha value is -1.78. The van der Waals surface area contributed by atoms with E-state index in [2.05, 4.69) is 9.97 Å². The van der Waals surface area contributed by atoms with E-state index in [0.29, 0.717) is 15.9 Å². The highest BCUT2D eigenvalue weighted by Gasteiger charge is 2.12. The number of benzene rings is 2. The predicted octanol–water partition coefficient (Wildman–Crippen LogP) is 4.88. The summed E-state index contributed by atoms with van der Waals surface area (Å²) < 4.78 is 26.7. The molecular weight excluding hydrogens is 305 g/mol. The van der Waals surface area contributed by atoms with E-state index < -0.39 is 11.6 Å². The van der Waals surface area contributed by atoms with Crippen molar-refractivity contribution in [2.24, 2.45) is 0 Å². The van der Waals surface area contributed by atoms with E-state index in [1.54, 1.807) is 18.2 Å². The summed E-state index contributed by atoms with van der Waals surface area (Å²) in [5.74, 6) is -1.30. The van der Waals surface area contributed by atoms with E-state index in [1.165, 1.54) is 6.07 Å². The van der Waals surface area contributed by atoms with E-state index in [1.807, 2.05) is 0 Å². The van der Waals surface area contributed by atoms with E-state index in [9.17, 15) is 8.78 Å². The molecule has 0 radical (unpaired) electrons. The number of aromatic nitrogens is 2. The third-order valence-electron chi connectivity index (χ3n) is 2.78. The minimum atomic E-state index is -0.741. The second-order valence-electron chi connectivity index (χ2n) is 4.12. The van der Waals surface area contributed by atoms with Crippen LogP contribution in [0.4, 0.5) is 8.78 Å². The summed E-state index contributed by atoms with van der Waals surface area (Å²) in [6.45, 7) is 0. The Morgan fingerprint density at radius 1 is 0.900 bits per heavy atom. The fourth-order valence-electron chi connectivity index (χ4n) is 1.85. The van der Waals surface area contributed by atoms with Crippen molar-refractivity contribution in [1.29, 1.82) is 0 Å². The van der Waals surface area contributed by atoms with Crippen LogP contribution in [-0.4, -0.2) is 9.97 Å². The summed E-state index contributed by atoms with van der Waals surface area (Å²) in [7, 11) is 0. The largest absolute Gasteiger partial charge is 0.228 e. The molecule has 0 amide bonds. The van der Waals surface area contributed by atoms with Gasteiger partial charge in [-0.3, -0.25) is 0 Å². The van der Waals surface area contributed by atoms with Crippen molar-refractivity contribution in [1.82, 2.24) is 9.97 Å². The first-order valence-electron chi connectivity index (χ1n) is 5.63. The second kappa shape index (κ2) is 4.96. The molecule has 1 aromatic heterocycles. The molecule has 3 rings (SSSR count). The minimum absolute atomic E-state index is 0.0881. The van der Waals surface area contributed by atoms with Gasteiger partial charge in [-0.1, -0.05) is 23.2 Å². The van der Waals surface area contributed by atoms with E-state index in [0.717, 1.165) is 12.1 Å². The van der Waals surface area contributed by atoms with Crippen LogP contribution in [0.1, 0.15) is 0 Å². The van der Waals surface area contributed by atoms with Crippen molar-refractivity contribution in [3.63, 3.8) is 0 Å². The second-order valence-corrected chi connectivity index (χ2v) is 4.92. The van der Waals surface area contributed by atoms with Crippen LogP contribution in [0.2, 0.25) is 10.2 Å². The van der Waals surface area contributed by atoms with Crippen molar-refractivity contribution in [2.45, 2.75) is 0 Å². The third kappa shape index (κ3) is 2.32. The molecule has 0 unspecified atom stereocenters. The smallest absolute Gasteiger partial charge is 0.164 e. The molecule has 0 aliphatic heterocycles. The lowest BCUT2D eigenvalue weighted by Crippen LogP contribution is -1.95. The van der Waals surface area contributed by atoms with Crippen molar-refractivity contribution in [3.8, 4) is 11.4 Å². The van der Waals surface area contributed by atoms with Gasteiger partial charge in [-0.25, -0.2) is 18.7 Å². The molecule has 2 aromatic carbocycles. The first kappa shape index (κ1) is 13.2. The predicted molar refractivity (Wildman–Crippen MR) is 74.9 cm³/mol. The molecule has 0 bridgehead atoms. The number of halogens is 4. The molecule has 2 nitrogen and oxygen atoms in total. The molecule has 0 fully saturated rings. The van der Waals surface area contributed by atoms with Crippen LogP contribution in [0.3, 0.4) is 0 Å². The Morgan fingerprint density at radius 2 is 1.70 bits per heavy atom. The van der Waals surface area contributed by atoms with Gasteiger partial charge in [0.2, 0.25) is 0 Å². The van der Waals surface area contributed by atoms with Gasteiger partial charge in [-0.05, 0) is 30.3 Å². The molecular formula is C14H6Cl2F2N2. The quantitative estimate of drug-likeness (QED) is 0.598. The molecule has 0 spiro atoms. The van der Waals surface area contributed by atoms with E-state index >= 15 is 0 Å². The summed E-state index contributed by atoms with van der Waals surface area (Å²) in [5.41, 5.74) is 0.623. The summed E-state index contributed by atoms with van der Waals surface area (Å²) >= 11 is 11.9. The van der Waals surface area contributed by atoms with Crippen LogP contribution < -0.4 is 0 Å². The molecule has 1 heterocycles. The Labute approximate surface area is 123 Å². The Balaban J connectivity index is 2.24. The summed E-state index contributed by atoms with van der Waals surface area (Å²) in [6.07, 6.45) is 0. The van der Waals surface area contributed by atoms with Crippen molar-refractivity contribution < 1.29 is 8.78 Å². The van der Waals surface area contributed by atoms with Crippen molar-refractivity contribution in [3.05, 3.63) is 58.2 Å². The number of hydrogen-bond donors (Lipinski definition) is 0. The number of rotatable bonds is 1. The Bertz CT molecular complexity index is 822. The number of nitrogens with zero attached hydrogens (tertiary/aromatic N) is 2. The molecule has 0 aliphatic carbocycles. The van der Waals surface area contributed by atoms with Gasteiger partial charge in [0.15, 0.2) is 5.82 Å². The normalized spacial score (nSPS) is 11.0. The van der Waals surface area contributed by atoms with E-state index in [4.69, 9.17) is 23.2 Å². The van der Waals surface area contributed by atoms with Crippen LogP contribution in [0, 0.1) is 11.6 Å². The molecule has 20 heavy (non-hydrogen) atoms. The van der Waals surface area contributed by atoms with Crippen LogP contribution >= 0.6 is 23.2 Å². The van der Waals surface area contributed by atoms with Crippen LogP contribution in [-0.2, 0) is 0 Å². The third-order valence-corrected chi connectivity index (χ3v) is 3.31. The summed E-state index contributed by atoms with van der Waals surface area (Å²) in [4.78, 5) is 8.26. The van der Waals surface area contributed by atoms with Crippen LogP contribution in [0.25, 0.3) is 22.3 Å². The van der Waals surface area contributed by atoms with Gasteiger partial charge in [-0.2, -0.15) is 0 Å². The highest BCUT2D eigenvalue weighted by atomic mass is 35.5. The fraction of sp³-hybridized carbons (Fsp3) is 0. The minimum Gasteiger partial charge on any atom is -0.228 e.